The number of nitrogens with zero attached hydrogens (tertiary/aromatic N) is 2. The number of aromatic nitrogens is 1. The molecule has 20 heavy (non-hydrogen) atoms. The van der Waals surface area contributed by atoms with Crippen LogP contribution in [-0.4, -0.2) is 16.8 Å². The molecule has 4 heteroatoms. The number of ether oxygens (including phenoxy) is 1. The monoisotopic (exact) mass is 278 g/mol. The van der Waals surface area contributed by atoms with Gasteiger partial charge in [0.15, 0.2) is 11.3 Å². The lowest BCUT2D eigenvalue weighted by atomic mass is 9.89. The van der Waals surface area contributed by atoms with Crippen LogP contribution in [-0.2, 0) is 12.0 Å². The molecular weight excluding hydrogens is 252 g/mol. The van der Waals surface area contributed by atoms with E-state index in [0.29, 0.717) is 12.3 Å². The van der Waals surface area contributed by atoms with E-state index >= 15 is 0 Å². The highest BCUT2D eigenvalue weighted by molar-refractivity contribution is 5.56. The highest BCUT2D eigenvalue weighted by Gasteiger charge is 2.31. The lowest BCUT2D eigenvalue weighted by Gasteiger charge is -2.25. The van der Waals surface area contributed by atoms with Crippen LogP contribution in [0.3, 0.4) is 0 Å². The maximum Gasteiger partial charge on any atom is 0.213 e. The molecule has 1 heterocycles. The highest BCUT2D eigenvalue weighted by atomic mass is 16.5. The lowest BCUT2D eigenvalue weighted by molar-refractivity contribution is 0.318. The van der Waals surface area contributed by atoms with E-state index < -0.39 is 0 Å². The molecule has 1 rings (SSSR count). The van der Waals surface area contributed by atoms with Gasteiger partial charge in [-0.3, -0.25) is 0 Å². The molecule has 0 unspecified atom stereocenters. The Kier molecular flexibility index (Phi) is 4.43. The van der Waals surface area contributed by atoms with Gasteiger partial charge in [-0.25, -0.2) is 0 Å². The maximum absolute atomic E-state index is 10.3. The van der Waals surface area contributed by atoms with Gasteiger partial charge >= 0.3 is 0 Å². The molecule has 112 valence electrons. The number of hydrogen-bond acceptors (Lipinski definition) is 3. The summed E-state index contributed by atoms with van der Waals surface area (Å²) in [4.78, 5) is 0. The second-order valence-corrected chi connectivity index (χ2v) is 7.40. The van der Waals surface area contributed by atoms with Gasteiger partial charge in [0.05, 0.1) is 12.8 Å². The molecule has 1 aromatic heterocycles. The van der Waals surface area contributed by atoms with Gasteiger partial charge in [-0.15, -0.1) is 0 Å². The minimum Gasteiger partial charge on any atom is -0.493 e. The fourth-order valence-electron chi connectivity index (χ4n) is 2.29. The quantitative estimate of drug-likeness (QED) is 0.914. The van der Waals surface area contributed by atoms with Crippen molar-refractivity contribution < 1.29 is 9.84 Å². The van der Waals surface area contributed by atoms with Crippen molar-refractivity contribution in [2.24, 2.45) is 5.41 Å². The normalized spacial score (nSPS) is 12.3. The summed E-state index contributed by atoms with van der Waals surface area (Å²) in [6, 6.07) is 2.05. The third-order valence-electron chi connectivity index (χ3n) is 3.30. The molecule has 0 bridgehead atoms. The first-order chi connectivity index (χ1) is 9.03. The van der Waals surface area contributed by atoms with Crippen LogP contribution in [0.25, 0.3) is 0 Å². The van der Waals surface area contributed by atoms with E-state index in [1.807, 2.05) is 10.6 Å². The third-order valence-corrected chi connectivity index (χ3v) is 3.30. The van der Waals surface area contributed by atoms with Crippen LogP contribution < -0.4 is 4.74 Å². The van der Waals surface area contributed by atoms with E-state index in [0.717, 1.165) is 12.1 Å². The van der Waals surface area contributed by atoms with Crippen molar-refractivity contribution in [3.63, 3.8) is 0 Å². The number of hydrogen-bond donors (Lipinski definition) is 1. The average Bonchev–Trinajstić information content (AvgIpc) is 2.57. The molecule has 0 fully saturated rings. The van der Waals surface area contributed by atoms with Gasteiger partial charge in [0.25, 0.3) is 0 Å². The number of aromatic hydroxyl groups is 1. The van der Waals surface area contributed by atoms with Crippen molar-refractivity contribution in [1.29, 1.82) is 5.26 Å². The Morgan fingerprint density at radius 2 is 1.75 bits per heavy atom. The Bertz CT molecular complexity index is 523. The van der Waals surface area contributed by atoms with Crippen LogP contribution in [0.4, 0.5) is 0 Å². The summed E-state index contributed by atoms with van der Waals surface area (Å²) in [5, 5.41) is 19.6. The number of rotatable bonds is 3. The summed E-state index contributed by atoms with van der Waals surface area (Å²) >= 11 is 0. The second kappa shape index (κ2) is 5.40. The molecule has 0 saturated carbocycles. The molecular formula is C16H26N2O2. The first kappa shape index (κ1) is 16.4. The van der Waals surface area contributed by atoms with Crippen LogP contribution >= 0.6 is 0 Å². The Morgan fingerprint density at radius 1 is 1.20 bits per heavy atom. The molecule has 0 saturated heterocycles. The van der Waals surface area contributed by atoms with Crippen LogP contribution in [0.2, 0.25) is 0 Å². The molecule has 0 aliphatic heterocycles. The fraction of sp³-hybridized carbons (Fsp3) is 0.688. The Hall–Kier alpha value is -1.63. The largest absolute Gasteiger partial charge is 0.493 e. The van der Waals surface area contributed by atoms with Gasteiger partial charge in [-0.05, 0) is 11.8 Å². The Morgan fingerprint density at radius 3 is 2.10 bits per heavy atom. The van der Waals surface area contributed by atoms with E-state index in [4.69, 9.17) is 4.74 Å². The topological polar surface area (TPSA) is 58.2 Å². The molecule has 0 radical (unpaired) electrons. The van der Waals surface area contributed by atoms with Gasteiger partial charge in [0.1, 0.15) is 6.07 Å². The lowest BCUT2D eigenvalue weighted by Crippen LogP contribution is -2.20. The van der Waals surface area contributed by atoms with Crippen molar-refractivity contribution in [3.05, 3.63) is 11.3 Å². The first-order valence-corrected chi connectivity index (χ1v) is 6.93. The van der Waals surface area contributed by atoms with Crippen molar-refractivity contribution >= 4 is 0 Å². The molecule has 0 amide bonds. The van der Waals surface area contributed by atoms with Crippen LogP contribution in [0.5, 0.6) is 11.6 Å². The molecule has 1 N–H and O–H groups in total. The Balaban J connectivity index is 3.42. The molecule has 4 nitrogen and oxygen atoms in total. The van der Waals surface area contributed by atoms with Crippen LogP contribution in [0.15, 0.2) is 0 Å². The predicted octanol–water partition coefficient (Wildman–Crippen LogP) is 3.81. The van der Waals surface area contributed by atoms with Gasteiger partial charge in [-0.2, -0.15) is 5.26 Å². The number of nitriles is 1. The molecule has 0 aromatic carbocycles. The standard InChI is InChI=1S/C16H26N2O2/c1-15(2,3)8-9-18-13(16(4,5)6)12(20-7)11(10-17)14(18)19/h19H,8-9H2,1-7H3. The Labute approximate surface area is 122 Å². The number of methoxy groups -OCH3 is 1. The maximum atomic E-state index is 10.3. The minimum absolute atomic E-state index is 0.0125. The van der Waals surface area contributed by atoms with Crippen molar-refractivity contribution in [2.45, 2.75) is 59.9 Å². The first-order valence-electron chi connectivity index (χ1n) is 6.93. The smallest absolute Gasteiger partial charge is 0.213 e. The summed E-state index contributed by atoms with van der Waals surface area (Å²) in [6.07, 6.45) is 0.909. The highest BCUT2D eigenvalue weighted by Crippen LogP contribution is 2.42. The van der Waals surface area contributed by atoms with Crippen LogP contribution in [0.1, 0.15) is 59.2 Å². The van der Waals surface area contributed by atoms with E-state index in [1.54, 1.807) is 7.11 Å². The van der Waals surface area contributed by atoms with Gasteiger partial charge in [-0.1, -0.05) is 41.5 Å². The van der Waals surface area contributed by atoms with Crippen LogP contribution in [0, 0.1) is 16.7 Å². The molecule has 1 aromatic rings. The van der Waals surface area contributed by atoms with Gasteiger partial charge in [0.2, 0.25) is 5.88 Å². The van der Waals surface area contributed by atoms with E-state index in [-0.39, 0.29) is 22.3 Å². The summed E-state index contributed by atoms with van der Waals surface area (Å²) in [6.45, 7) is 13.3. The fourth-order valence-corrected chi connectivity index (χ4v) is 2.29. The van der Waals surface area contributed by atoms with Gasteiger partial charge in [0, 0.05) is 12.0 Å². The SMILES string of the molecule is COc1c(C#N)c(O)n(CCC(C)(C)C)c1C(C)(C)C. The van der Waals surface area contributed by atoms with E-state index in [9.17, 15) is 10.4 Å². The van der Waals surface area contributed by atoms with E-state index in [1.165, 1.54) is 0 Å². The summed E-state index contributed by atoms with van der Waals surface area (Å²) < 4.78 is 7.21. The van der Waals surface area contributed by atoms with Gasteiger partial charge < -0.3 is 14.4 Å². The third kappa shape index (κ3) is 3.27. The zero-order valence-electron chi connectivity index (χ0n) is 13.7. The molecule has 0 atom stereocenters. The van der Waals surface area contributed by atoms with Crippen molar-refractivity contribution in [2.75, 3.05) is 7.11 Å². The summed E-state index contributed by atoms with van der Waals surface area (Å²) in [7, 11) is 1.54. The minimum atomic E-state index is -0.212. The predicted molar refractivity (Wildman–Crippen MR) is 80.1 cm³/mol. The molecule has 0 aliphatic rings. The van der Waals surface area contributed by atoms with Crippen molar-refractivity contribution in [1.82, 2.24) is 4.57 Å². The summed E-state index contributed by atoms with van der Waals surface area (Å²) in [5.41, 5.74) is 1.05. The molecule has 0 spiro atoms. The second-order valence-electron chi connectivity index (χ2n) is 7.40. The summed E-state index contributed by atoms with van der Waals surface area (Å²) in [5.74, 6) is 0.505. The molecule has 0 aliphatic carbocycles. The average molecular weight is 278 g/mol. The zero-order valence-corrected chi connectivity index (χ0v) is 13.7. The zero-order chi connectivity index (χ0) is 15.7. The van der Waals surface area contributed by atoms with E-state index in [2.05, 4.69) is 41.5 Å². The van der Waals surface area contributed by atoms with Crippen molar-refractivity contribution in [3.8, 4) is 17.7 Å².